The summed E-state index contributed by atoms with van der Waals surface area (Å²) in [7, 11) is 0. The summed E-state index contributed by atoms with van der Waals surface area (Å²) in [5.74, 6) is 0. The minimum Gasteiger partial charge on any atom is -0.394 e. The first kappa shape index (κ1) is 12.2. The van der Waals surface area contributed by atoms with Gasteiger partial charge in [-0.05, 0) is 56.7 Å². The average molecular weight is 372 g/mol. The van der Waals surface area contributed by atoms with Crippen molar-refractivity contribution >= 4 is 44.2 Å². The smallest absolute Gasteiger partial charge is 0.0942 e. The van der Waals surface area contributed by atoms with Gasteiger partial charge >= 0.3 is 0 Å². The summed E-state index contributed by atoms with van der Waals surface area (Å²) in [6.07, 6.45) is -0.715. The zero-order valence-electron chi connectivity index (χ0n) is 7.37. The van der Waals surface area contributed by atoms with Gasteiger partial charge in [0.2, 0.25) is 0 Å². The van der Waals surface area contributed by atoms with Crippen LogP contribution in [-0.4, -0.2) is 29.5 Å². The van der Waals surface area contributed by atoms with Gasteiger partial charge in [0.1, 0.15) is 0 Å². The first-order chi connectivity index (χ1) is 6.63. The molecule has 0 heterocycles. The number of hydrogen-bond acceptors (Lipinski definition) is 3. The molecular formula is C9H11BrINO2. The van der Waals surface area contributed by atoms with Crippen LogP contribution in [0.5, 0.6) is 0 Å². The van der Waals surface area contributed by atoms with E-state index in [-0.39, 0.29) is 6.61 Å². The van der Waals surface area contributed by atoms with E-state index in [0.29, 0.717) is 6.54 Å². The highest BCUT2D eigenvalue weighted by atomic mass is 127. The van der Waals surface area contributed by atoms with E-state index in [4.69, 9.17) is 10.2 Å². The van der Waals surface area contributed by atoms with Crippen LogP contribution in [0, 0.1) is 3.57 Å². The average Bonchev–Trinajstić information content (AvgIpc) is 2.19. The molecule has 0 unspecified atom stereocenters. The molecule has 0 amide bonds. The van der Waals surface area contributed by atoms with Crippen molar-refractivity contribution < 1.29 is 10.2 Å². The summed E-state index contributed by atoms with van der Waals surface area (Å²) in [6.45, 7) is 0.127. The third kappa shape index (κ3) is 3.72. The number of anilines is 1. The molecule has 1 rings (SSSR count). The molecule has 78 valence electrons. The first-order valence-electron chi connectivity index (χ1n) is 4.11. The van der Waals surface area contributed by atoms with E-state index in [1.54, 1.807) is 0 Å². The van der Waals surface area contributed by atoms with Crippen LogP contribution in [0.1, 0.15) is 0 Å². The molecule has 0 saturated heterocycles. The first-order valence-corrected chi connectivity index (χ1v) is 5.98. The van der Waals surface area contributed by atoms with Gasteiger partial charge in [-0.3, -0.25) is 0 Å². The Labute approximate surface area is 105 Å². The van der Waals surface area contributed by atoms with E-state index < -0.39 is 6.10 Å². The predicted molar refractivity (Wildman–Crippen MR) is 68.4 cm³/mol. The predicted octanol–water partition coefficient (Wildman–Crippen LogP) is 1.82. The molecule has 0 aliphatic heterocycles. The number of aliphatic hydroxyl groups is 2. The second-order valence-corrected chi connectivity index (χ2v) is 4.86. The number of rotatable bonds is 4. The zero-order valence-corrected chi connectivity index (χ0v) is 11.1. The van der Waals surface area contributed by atoms with Gasteiger partial charge in [-0.2, -0.15) is 0 Å². The van der Waals surface area contributed by atoms with E-state index >= 15 is 0 Å². The third-order valence-corrected chi connectivity index (χ3v) is 4.01. The quantitative estimate of drug-likeness (QED) is 0.707. The SMILES string of the molecule is OC[C@@H](O)CNc1ccc(I)c(Br)c1. The van der Waals surface area contributed by atoms with Crippen LogP contribution in [0.2, 0.25) is 0 Å². The number of hydrogen-bond donors (Lipinski definition) is 3. The molecule has 1 aromatic carbocycles. The van der Waals surface area contributed by atoms with Crippen molar-refractivity contribution in [2.45, 2.75) is 6.10 Å². The van der Waals surface area contributed by atoms with E-state index in [1.807, 2.05) is 18.2 Å². The van der Waals surface area contributed by atoms with Gasteiger partial charge in [0, 0.05) is 20.3 Å². The van der Waals surface area contributed by atoms with E-state index in [1.165, 1.54) is 0 Å². The monoisotopic (exact) mass is 371 g/mol. The number of nitrogens with one attached hydrogen (secondary N) is 1. The van der Waals surface area contributed by atoms with E-state index in [9.17, 15) is 0 Å². The van der Waals surface area contributed by atoms with Crippen molar-refractivity contribution in [3.05, 3.63) is 26.2 Å². The van der Waals surface area contributed by atoms with Gasteiger partial charge in [0.05, 0.1) is 12.7 Å². The molecule has 0 bridgehead atoms. The Morgan fingerprint density at radius 3 is 2.79 bits per heavy atom. The summed E-state index contributed by atoms with van der Waals surface area (Å²) < 4.78 is 2.15. The molecule has 0 aliphatic carbocycles. The van der Waals surface area contributed by atoms with Gasteiger partial charge < -0.3 is 15.5 Å². The van der Waals surface area contributed by atoms with Crippen LogP contribution in [0.25, 0.3) is 0 Å². The molecule has 0 saturated carbocycles. The maximum atomic E-state index is 9.12. The fourth-order valence-corrected chi connectivity index (χ4v) is 1.62. The second kappa shape index (κ2) is 5.89. The second-order valence-electron chi connectivity index (χ2n) is 2.85. The van der Waals surface area contributed by atoms with Crippen molar-refractivity contribution in [3.63, 3.8) is 0 Å². The molecule has 0 aromatic heterocycles. The van der Waals surface area contributed by atoms with Crippen molar-refractivity contribution in [2.75, 3.05) is 18.5 Å². The Morgan fingerprint density at radius 1 is 1.50 bits per heavy atom. The maximum absolute atomic E-state index is 9.12. The highest BCUT2D eigenvalue weighted by molar-refractivity contribution is 14.1. The Kier molecular flexibility index (Phi) is 5.14. The van der Waals surface area contributed by atoms with Crippen LogP contribution in [0.4, 0.5) is 5.69 Å². The highest BCUT2D eigenvalue weighted by Gasteiger charge is 2.02. The molecule has 0 radical (unpaired) electrons. The van der Waals surface area contributed by atoms with Crippen molar-refractivity contribution in [1.82, 2.24) is 0 Å². The summed E-state index contributed by atoms with van der Waals surface area (Å²) >= 11 is 5.64. The number of benzene rings is 1. The lowest BCUT2D eigenvalue weighted by molar-refractivity contribution is 0.105. The van der Waals surface area contributed by atoms with Gasteiger partial charge in [-0.1, -0.05) is 0 Å². The lowest BCUT2D eigenvalue weighted by Crippen LogP contribution is -2.22. The van der Waals surface area contributed by atoms with Gasteiger partial charge in [0.25, 0.3) is 0 Å². The standard InChI is InChI=1S/C9H11BrINO2/c10-8-3-6(1-2-9(8)11)12-4-7(14)5-13/h1-3,7,12-14H,4-5H2/t7-/m0/s1. The Morgan fingerprint density at radius 2 is 2.21 bits per heavy atom. The molecule has 14 heavy (non-hydrogen) atoms. The van der Waals surface area contributed by atoms with Crippen LogP contribution < -0.4 is 5.32 Å². The summed E-state index contributed by atoms with van der Waals surface area (Å²) in [4.78, 5) is 0. The van der Waals surface area contributed by atoms with Crippen LogP contribution in [0.15, 0.2) is 22.7 Å². The van der Waals surface area contributed by atoms with Crippen molar-refractivity contribution in [1.29, 1.82) is 0 Å². The number of halogens is 2. The summed E-state index contributed by atoms with van der Waals surface area (Å²) in [5.41, 5.74) is 0.921. The minimum atomic E-state index is -0.715. The Balaban J connectivity index is 2.55. The highest BCUT2D eigenvalue weighted by Crippen LogP contribution is 2.22. The van der Waals surface area contributed by atoms with Gasteiger partial charge in [0.15, 0.2) is 0 Å². The lowest BCUT2D eigenvalue weighted by atomic mass is 10.3. The molecule has 3 N–H and O–H groups in total. The Hall–Kier alpha value is 0.150. The zero-order chi connectivity index (χ0) is 10.6. The molecule has 0 aliphatic rings. The largest absolute Gasteiger partial charge is 0.394 e. The molecule has 0 fully saturated rings. The van der Waals surface area contributed by atoms with E-state index in [0.717, 1.165) is 13.7 Å². The normalized spacial score (nSPS) is 12.6. The van der Waals surface area contributed by atoms with Crippen molar-refractivity contribution in [3.8, 4) is 0 Å². The van der Waals surface area contributed by atoms with Crippen LogP contribution >= 0.6 is 38.5 Å². The van der Waals surface area contributed by atoms with E-state index in [2.05, 4.69) is 43.8 Å². The van der Waals surface area contributed by atoms with Crippen LogP contribution in [-0.2, 0) is 0 Å². The molecular weight excluding hydrogens is 361 g/mol. The fraction of sp³-hybridized carbons (Fsp3) is 0.333. The van der Waals surface area contributed by atoms with Crippen molar-refractivity contribution in [2.24, 2.45) is 0 Å². The molecule has 1 aromatic rings. The molecule has 5 heteroatoms. The summed E-state index contributed by atoms with van der Waals surface area (Å²) in [6, 6.07) is 5.83. The maximum Gasteiger partial charge on any atom is 0.0942 e. The minimum absolute atomic E-state index is 0.224. The van der Waals surface area contributed by atoms with Gasteiger partial charge in [-0.25, -0.2) is 0 Å². The topological polar surface area (TPSA) is 52.5 Å². The van der Waals surface area contributed by atoms with Gasteiger partial charge in [-0.15, -0.1) is 0 Å². The fourth-order valence-electron chi connectivity index (χ4n) is 0.906. The lowest BCUT2D eigenvalue weighted by Gasteiger charge is -2.10. The molecule has 3 nitrogen and oxygen atoms in total. The Bertz CT molecular complexity index is 309. The molecule has 0 spiro atoms. The third-order valence-electron chi connectivity index (χ3n) is 1.67. The summed E-state index contributed by atoms with van der Waals surface area (Å²) in [5, 5.41) is 20.7. The number of aliphatic hydroxyl groups excluding tert-OH is 2. The molecule has 1 atom stereocenters. The van der Waals surface area contributed by atoms with Crippen LogP contribution in [0.3, 0.4) is 0 Å².